The number of rotatable bonds is 2. The van der Waals surface area contributed by atoms with E-state index < -0.39 is 5.66 Å². The zero-order valence-corrected chi connectivity index (χ0v) is 8.20. The summed E-state index contributed by atoms with van der Waals surface area (Å²) in [5, 5.41) is 3.08. The van der Waals surface area contributed by atoms with E-state index in [-0.39, 0.29) is 5.91 Å². The Balaban J connectivity index is 2.87. The number of hydrogen-bond donors (Lipinski definition) is 1. The van der Waals surface area contributed by atoms with Crippen molar-refractivity contribution in [3.63, 3.8) is 0 Å². The molecule has 74 valence electrons. The minimum Gasteiger partial charge on any atom is -0.290 e. The van der Waals surface area contributed by atoms with Crippen molar-refractivity contribution in [3.05, 3.63) is 0 Å². The van der Waals surface area contributed by atoms with Crippen molar-refractivity contribution >= 4 is 12.3 Å². The molecule has 2 amide bonds. The molecule has 1 saturated heterocycles. The summed E-state index contributed by atoms with van der Waals surface area (Å²) in [5.74, 6) is -0.196. The molecule has 13 heavy (non-hydrogen) atoms. The minimum atomic E-state index is -0.751. The van der Waals surface area contributed by atoms with Crippen LogP contribution in [0, 0.1) is 0 Å². The molecule has 1 rings (SSSR count). The van der Waals surface area contributed by atoms with Crippen LogP contribution in [0.4, 0.5) is 0 Å². The third-order valence-corrected chi connectivity index (χ3v) is 2.52. The Morgan fingerprint density at radius 2 is 2.23 bits per heavy atom. The van der Waals surface area contributed by atoms with Crippen LogP contribution in [-0.4, -0.2) is 55.0 Å². The monoisotopic (exact) mass is 185 g/mol. The van der Waals surface area contributed by atoms with Crippen molar-refractivity contribution in [1.29, 1.82) is 0 Å². The molecule has 1 unspecified atom stereocenters. The molecule has 1 aliphatic rings. The predicted molar refractivity (Wildman–Crippen MR) is 47.9 cm³/mol. The summed E-state index contributed by atoms with van der Waals surface area (Å²) in [5.41, 5.74) is -0.751. The third kappa shape index (κ3) is 1.57. The van der Waals surface area contributed by atoms with E-state index in [0.717, 1.165) is 0 Å². The summed E-state index contributed by atoms with van der Waals surface area (Å²) in [6.07, 6.45) is 0.588. The standard InChI is InChI=1S/C8H15N3O2/c1-8(10(2)3)7(13)11(6-12)5-4-9-8/h6,9H,4-5H2,1-3H3. The highest BCUT2D eigenvalue weighted by molar-refractivity contribution is 5.93. The molecule has 0 aliphatic carbocycles. The number of likely N-dealkylation sites (N-methyl/N-ethyl adjacent to an activating group) is 1. The van der Waals surface area contributed by atoms with E-state index in [2.05, 4.69) is 5.32 Å². The first-order chi connectivity index (χ1) is 6.02. The van der Waals surface area contributed by atoms with E-state index in [4.69, 9.17) is 0 Å². The van der Waals surface area contributed by atoms with Gasteiger partial charge in [-0.3, -0.25) is 24.7 Å². The van der Waals surface area contributed by atoms with Gasteiger partial charge in [0.15, 0.2) is 0 Å². The van der Waals surface area contributed by atoms with Gasteiger partial charge in [-0.05, 0) is 21.0 Å². The molecule has 0 aromatic carbocycles. The second-order valence-electron chi connectivity index (χ2n) is 3.50. The fourth-order valence-corrected chi connectivity index (χ4v) is 1.33. The van der Waals surface area contributed by atoms with E-state index in [9.17, 15) is 9.59 Å². The van der Waals surface area contributed by atoms with Gasteiger partial charge >= 0.3 is 0 Å². The molecule has 0 bridgehead atoms. The average Bonchev–Trinajstić information content (AvgIpc) is 2.09. The number of carbonyl (C=O) groups excluding carboxylic acids is 2. The highest BCUT2D eigenvalue weighted by Gasteiger charge is 2.41. The first-order valence-corrected chi connectivity index (χ1v) is 4.21. The lowest BCUT2D eigenvalue weighted by Gasteiger charge is -2.41. The molecule has 5 nitrogen and oxygen atoms in total. The number of nitrogens with zero attached hydrogens (tertiary/aromatic N) is 2. The van der Waals surface area contributed by atoms with Gasteiger partial charge in [-0.1, -0.05) is 0 Å². The van der Waals surface area contributed by atoms with E-state index in [1.54, 1.807) is 25.9 Å². The zero-order valence-electron chi connectivity index (χ0n) is 8.20. The normalized spacial score (nSPS) is 29.5. The number of nitrogens with one attached hydrogen (secondary N) is 1. The maximum atomic E-state index is 11.7. The van der Waals surface area contributed by atoms with Crippen LogP contribution in [0.15, 0.2) is 0 Å². The topological polar surface area (TPSA) is 52.6 Å². The second-order valence-corrected chi connectivity index (χ2v) is 3.50. The predicted octanol–water partition coefficient (Wildman–Crippen LogP) is -1.15. The van der Waals surface area contributed by atoms with Crippen LogP contribution < -0.4 is 5.32 Å². The lowest BCUT2D eigenvalue weighted by molar-refractivity contribution is -0.151. The van der Waals surface area contributed by atoms with Crippen LogP contribution in [0.3, 0.4) is 0 Å². The van der Waals surface area contributed by atoms with Gasteiger partial charge in [0, 0.05) is 13.1 Å². The van der Waals surface area contributed by atoms with Crippen LogP contribution in [0.25, 0.3) is 0 Å². The summed E-state index contributed by atoms with van der Waals surface area (Å²) in [6, 6.07) is 0. The lowest BCUT2D eigenvalue weighted by atomic mass is 10.1. The molecule has 1 aliphatic heterocycles. The van der Waals surface area contributed by atoms with Crippen LogP contribution in [0.1, 0.15) is 6.92 Å². The second kappa shape index (κ2) is 3.43. The Morgan fingerprint density at radius 1 is 1.62 bits per heavy atom. The number of hydrogen-bond acceptors (Lipinski definition) is 4. The molecule has 1 N–H and O–H groups in total. The molecule has 0 aromatic rings. The Morgan fingerprint density at radius 3 is 2.69 bits per heavy atom. The molecular weight excluding hydrogens is 170 g/mol. The highest BCUT2D eigenvalue weighted by Crippen LogP contribution is 2.14. The summed E-state index contributed by atoms with van der Waals surface area (Å²) in [7, 11) is 3.61. The van der Waals surface area contributed by atoms with Gasteiger partial charge in [-0.2, -0.15) is 0 Å². The lowest BCUT2D eigenvalue weighted by Crippen LogP contribution is -2.68. The van der Waals surface area contributed by atoms with Crippen molar-refractivity contribution in [2.75, 3.05) is 27.2 Å². The van der Waals surface area contributed by atoms with Gasteiger partial charge in [-0.15, -0.1) is 0 Å². The van der Waals surface area contributed by atoms with E-state index in [1.807, 2.05) is 0 Å². The van der Waals surface area contributed by atoms with Crippen molar-refractivity contribution in [3.8, 4) is 0 Å². The quantitative estimate of drug-likeness (QED) is 0.552. The summed E-state index contributed by atoms with van der Waals surface area (Å²) in [4.78, 5) is 25.2. The van der Waals surface area contributed by atoms with Crippen molar-refractivity contribution < 1.29 is 9.59 Å². The first-order valence-electron chi connectivity index (χ1n) is 4.21. The molecule has 0 spiro atoms. The fourth-order valence-electron chi connectivity index (χ4n) is 1.33. The Bertz CT molecular complexity index is 229. The minimum absolute atomic E-state index is 0.196. The average molecular weight is 185 g/mol. The zero-order chi connectivity index (χ0) is 10.1. The Kier molecular flexibility index (Phi) is 2.68. The van der Waals surface area contributed by atoms with Crippen molar-refractivity contribution in [2.24, 2.45) is 0 Å². The molecule has 1 fully saturated rings. The SMILES string of the molecule is CN(C)C1(C)NCCN(C=O)C1=O. The Hall–Kier alpha value is -0.940. The smallest absolute Gasteiger partial charge is 0.264 e. The summed E-state index contributed by atoms with van der Waals surface area (Å²) in [6.45, 7) is 2.86. The Labute approximate surface area is 77.7 Å². The van der Waals surface area contributed by atoms with Crippen LogP contribution >= 0.6 is 0 Å². The van der Waals surface area contributed by atoms with Crippen LogP contribution in [-0.2, 0) is 9.59 Å². The van der Waals surface area contributed by atoms with Gasteiger partial charge in [0.05, 0.1) is 0 Å². The van der Waals surface area contributed by atoms with Crippen LogP contribution in [0.5, 0.6) is 0 Å². The molecular formula is C8H15N3O2. The molecule has 0 radical (unpaired) electrons. The molecule has 0 saturated carbocycles. The molecule has 1 heterocycles. The number of piperazine rings is 1. The van der Waals surface area contributed by atoms with Gasteiger partial charge in [-0.25, -0.2) is 0 Å². The number of imide groups is 1. The molecule has 1 atom stereocenters. The molecule has 0 aromatic heterocycles. The van der Waals surface area contributed by atoms with Crippen LogP contribution in [0.2, 0.25) is 0 Å². The van der Waals surface area contributed by atoms with Crippen molar-refractivity contribution in [1.82, 2.24) is 15.1 Å². The maximum absolute atomic E-state index is 11.7. The number of amides is 2. The summed E-state index contributed by atoms with van der Waals surface area (Å²) >= 11 is 0. The van der Waals surface area contributed by atoms with E-state index in [0.29, 0.717) is 19.5 Å². The molecule has 5 heteroatoms. The highest BCUT2D eigenvalue weighted by atomic mass is 16.2. The first kappa shape index (κ1) is 10.1. The third-order valence-electron chi connectivity index (χ3n) is 2.52. The van der Waals surface area contributed by atoms with Gasteiger partial charge in [0.25, 0.3) is 5.91 Å². The number of carbonyl (C=O) groups is 2. The van der Waals surface area contributed by atoms with Gasteiger partial charge in [0.2, 0.25) is 6.41 Å². The van der Waals surface area contributed by atoms with E-state index in [1.165, 1.54) is 4.90 Å². The van der Waals surface area contributed by atoms with Gasteiger partial charge in [0.1, 0.15) is 5.66 Å². The largest absolute Gasteiger partial charge is 0.290 e. The van der Waals surface area contributed by atoms with Crippen molar-refractivity contribution in [2.45, 2.75) is 12.6 Å². The fraction of sp³-hybridized carbons (Fsp3) is 0.750. The summed E-state index contributed by atoms with van der Waals surface area (Å²) < 4.78 is 0. The van der Waals surface area contributed by atoms with E-state index >= 15 is 0 Å². The van der Waals surface area contributed by atoms with Gasteiger partial charge < -0.3 is 0 Å². The maximum Gasteiger partial charge on any atom is 0.264 e.